The highest BCUT2D eigenvalue weighted by Gasteiger charge is 2.49. The molecule has 0 spiro atoms. The van der Waals surface area contributed by atoms with Gasteiger partial charge in [-0.3, -0.25) is 67.8 Å². The summed E-state index contributed by atoms with van der Waals surface area (Å²) in [5, 5.41) is 77.9. The van der Waals surface area contributed by atoms with E-state index in [2.05, 4.69) is 0 Å². The van der Waals surface area contributed by atoms with Crippen LogP contribution in [0.15, 0.2) is 0 Å². The third-order valence-electron chi connectivity index (χ3n) is 8.90. The Morgan fingerprint density at radius 1 is 0.442 bits per heavy atom. The third-order valence-corrected chi connectivity index (χ3v) is 8.90. The molecule has 294 valence electrons. The van der Waals surface area contributed by atoms with E-state index in [0.717, 1.165) is 9.80 Å². The van der Waals surface area contributed by atoms with E-state index >= 15 is 0 Å². The lowest BCUT2D eigenvalue weighted by Crippen LogP contribution is -2.66. The summed E-state index contributed by atoms with van der Waals surface area (Å²) in [6, 6.07) is -1.25. The van der Waals surface area contributed by atoms with Crippen molar-refractivity contribution in [1.29, 1.82) is 0 Å². The summed E-state index contributed by atoms with van der Waals surface area (Å²) in [7, 11) is 0. The Morgan fingerprint density at radius 2 is 0.654 bits per heavy atom. The fraction of sp³-hybridized carbons (Fsp3) is 0.724. The first-order valence-electron chi connectivity index (χ1n) is 16.0. The largest absolute Gasteiger partial charge is 0.480 e. The summed E-state index contributed by atoms with van der Waals surface area (Å²) in [5.74, 6) is -11.1. The van der Waals surface area contributed by atoms with Crippen LogP contribution in [0.25, 0.3) is 0 Å². The Balaban J connectivity index is 2.83. The average Bonchev–Trinajstić information content (AvgIpc) is 3.22. The van der Waals surface area contributed by atoms with Crippen LogP contribution in [0.5, 0.6) is 0 Å². The van der Waals surface area contributed by atoms with Crippen molar-refractivity contribution >= 4 is 47.8 Å². The quantitative estimate of drug-likeness (QED) is 0.0501. The van der Waals surface area contributed by atoms with Gasteiger partial charge < -0.3 is 46.6 Å². The number of hydrogen-bond donors (Lipinski definition) is 9. The van der Waals surface area contributed by atoms with E-state index < -0.39 is 117 Å². The Hall–Kier alpha value is -4.52. The average molecular weight is 750 g/mol. The lowest BCUT2D eigenvalue weighted by atomic mass is 9.80. The Morgan fingerprint density at radius 3 is 0.827 bits per heavy atom. The summed E-state index contributed by atoms with van der Waals surface area (Å²) in [4.78, 5) is 103. The van der Waals surface area contributed by atoms with Crippen molar-refractivity contribution in [2.24, 2.45) is 5.73 Å². The number of hydrogen-bond acceptors (Lipinski definition) is 15. The van der Waals surface area contributed by atoms with E-state index in [1.165, 1.54) is 19.6 Å². The van der Waals surface area contributed by atoms with E-state index in [4.69, 9.17) is 5.73 Å². The first-order valence-corrected chi connectivity index (χ1v) is 16.0. The molecule has 23 heteroatoms. The second-order valence-corrected chi connectivity index (χ2v) is 13.3. The molecule has 2 rings (SSSR count). The topological polar surface area (TPSA) is 344 Å². The minimum absolute atomic E-state index is 0.0201. The Labute approximate surface area is 296 Å². The zero-order valence-corrected chi connectivity index (χ0v) is 28.4. The molecule has 0 atom stereocenters. The molecule has 0 aliphatic carbocycles. The monoisotopic (exact) mass is 749 g/mol. The van der Waals surface area contributed by atoms with Crippen molar-refractivity contribution in [3.8, 4) is 0 Å². The van der Waals surface area contributed by atoms with Gasteiger partial charge >= 0.3 is 47.8 Å². The first-order chi connectivity index (χ1) is 24.1. The molecular weight excluding hydrogens is 702 g/mol. The van der Waals surface area contributed by atoms with Gasteiger partial charge in [0.25, 0.3) is 0 Å². The van der Waals surface area contributed by atoms with E-state index in [0.29, 0.717) is 0 Å². The normalized spacial score (nSPS) is 18.8. The Kier molecular flexibility index (Phi) is 16.2. The summed E-state index contributed by atoms with van der Waals surface area (Å²) >= 11 is 0. The van der Waals surface area contributed by atoms with Crippen LogP contribution in [0, 0.1) is 0 Å². The number of carboxylic acid groups (broad SMARTS) is 8. The van der Waals surface area contributed by atoms with E-state index in [1.54, 1.807) is 0 Å². The first kappa shape index (κ1) is 43.6. The van der Waals surface area contributed by atoms with Crippen LogP contribution >= 0.6 is 0 Å². The van der Waals surface area contributed by atoms with Gasteiger partial charge in [0.1, 0.15) is 0 Å². The van der Waals surface area contributed by atoms with Crippen molar-refractivity contribution in [2.45, 2.75) is 30.0 Å². The van der Waals surface area contributed by atoms with Gasteiger partial charge in [0, 0.05) is 69.5 Å². The van der Waals surface area contributed by atoms with Crippen LogP contribution in [-0.2, 0) is 38.4 Å². The molecule has 2 fully saturated rings. The fourth-order valence-electron chi connectivity index (χ4n) is 7.35. The molecule has 23 nitrogen and oxygen atoms in total. The molecule has 2 heterocycles. The zero-order valence-electron chi connectivity index (χ0n) is 28.4. The Bertz CT molecular complexity index is 1170. The van der Waals surface area contributed by atoms with Gasteiger partial charge in [-0.25, -0.2) is 0 Å². The molecule has 2 saturated heterocycles. The van der Waals surface area contributed by atoms with Gasteiger partial charge in [-0.1, -0.05) is 0 Å². The van der Waals surface area contributed by atoms with Gasteiger partial charge in [0.2, 0.25) is 0 Å². The summed E-state index contributed by atoms with van der Waals surface area (Å²) in [5.41, 5.74) is 3.41. The smallest absolute Gasteiger partial charge is 0.317 e. The maximum Gasteiger partial charge on any atom is 0.317 e. The molecule has 0 aromatic heterocycles. The van der Waals surface area contributed by atoms with Crippen molar-refractivity contribution in [3.05, 3.63) is 0 Å². The molecule has 0 radical (unpaired) electrons. The highest BCUT2D eigenvalue weighted by molar-refractivity contribution is 5.74. The fourth-order valence-corrected chi connectivity index (χ4v) is 7.35. The zero-order chi connectivity index (χ0) is 39.4. The van der Waals surface area contributed by atoms with Crippen LogP contribution in [0.3, 0.4) is 0 Å². The van der Waals surface area contributed by atoms with E-state index in [1.807, 2.05) is 0 Å². The second-order valence-electron chi connectivity index (χ2n) is 13.3. The summed E-state index contributed by atoms with van der Waals surface area (Å²) in [6.07, 6.45) is -0.763. The van der Waals surface area contributed by atoms with Crippen LogP contribution in [0.2, 0.25) is 0 Å². The number of carbonyl (C=O) groups is 8. The second kappa shape index (κ2) is 19.4. The van der Waals surface area contributed by atoms with Crippen molar-refractivity contribution in [2.75, 3.05) is 105 Å². The highest BCUT2D eigenvalue weighted by atomic mass is 16.4. The number of aliphatic carboxylic acids is 8. The van der Waals surface area contributed by atoms with Crippen LogP contribution in [-0.4, -0.2) is 240 Å². The molecule has 0 amide bonds. The van der Waals surface area contributed by atoms with Gasteiger partial charge in [-0.05, 0) is 12.8 Å². The maximum atomic E-state index is 12.1. The predicted octanol–water partition coefficient (Wildman–Crippen LogP) is -4.91. The molecule has 0 aromatic carbocycles. The van der Waals surface area contributed by atoms with Gasteiger partial charge in [0.05, 0.1) is 52.4 Å². The number of carboxylic acids is 8. The third kappa shape index (κ3) is 14.2. The molecule has 0 aromatic rings. The summed E-state index contributed by atoms with van der Waals surface area (Å²) < 4.78 is 0. The molecule has 0 bridgehead atoms. The molecule has 52 heavy (non-hydrogen) atoms. The molecule has 2 aliphatic heterocycles. The molecule has 0 unspecified atom stereocenters. The van der Waals surface area contributed by atoms with Gasteiger partial charge in [-0.15, -0.1) is 0 Å². The van der Waals surface area contributed by atoms with E-state index in [-0.39, 0.29) is 65.2 Å². The SMILES string of the molecule is NC(CC1(N(CC(=O)O)CC(=O)O)CN(CC(=O)O)CCN(CC(=O)O)C1)CC1(N(CC(=O)O)CC(=O)O)CN(CC(=O)O)CCN(CC(=O)O)C1. The van der Waals surface area contributed by atoms with Gasteiger partial charge in [-0.2, -0.15) is 0 Å². The van der Waals surface area contributed by atoms with Gasteiger partial charge in [0.15, 0.2) is 0 Å². The standard InChI is InChI=1S/C29H47N7O16/c30-19(5-28(35(11-24(45)46)12-25(47)48)15-31(7-20(37)38)1-2-32(16-28)8-21(39)40)6-29(36(13-26(49)50)14-27(51)52)17-33(9-22(41)42)3-4-34(18-29)10-23(43)44/h19H,1-18,30H2,(H,37,38)(H,39,40)(H,41,42)(H,43,44)(H,45,46)(H,47,48)(H,49,50)(H,51,52). The van der Waals surface area contributed by atoms with Crippen LogP contribution < -0.4 is 5.73 Å². The number of nitrogens with two attached hydrogens (primary N) is 1. The molecular formula is C29H47N7O16. The molecule has 10 N–H and O–H groups in total. The van der Waals surface area contributed by atoms with Crippen LogP contribution in [0.4, 0.5) is 0 Å². The molecule has 0 saturated carbocycles. The lowest BCUT2D eigenvalue weighted by molar-refractivity contribution is -0.149. The van der Waals surface area contributed by atoms with Crippen molar-refractivity contribution in [3.63, 3.8) is 0 Å². The number of rotatable bonds is 22. The van der Waals surface area contributed by atoms with Crippen LogP contribution in [0.1, 0.15) is 12.8 Å². The molecule has 2 aliphatic rings. The highest BCUT2D eigenvalue weighted by Crippen LogP contribution is 2.33. The summed E-state index contributed by atoms with van der Waals surface area (Å²) in [6.45, 7) is -7.39. The number of nitrogens with zero attached hydrogens (tertiary/aromatic N) is 6. The lowest BCUT2D eigenvalue weighted by Gasteiger charge is -2.49. The van der Waals surface area contributed by atoms with Crippen molar-refractivity contribution < 1.29 is 79.2 Å². The van der Waals surface area contributed by atoms with Crippen molar-refractivity contribution in [1.82, 2.24) is 29.4 Å². The predicted molar refractivity (Wildman–Crippen MR) is 173 cm³/mol. The minimum Gasteiger partial charge on any atom is -0.480 e. The maximum absolute atomic E-state index is 12.1. The minimum atomic E-state index is -1.70. The van der Waals surface area contributed by atoms with E-state index in [9.17, 15) is 79.2 Å².